The molecule has 7 heteroatoms. The van der Waals surface area contributed by atoms with E-state index in [1.165, 1.54) is 36.4 Å². The molecule has 0 bridgehead atoms. The fourth-order valence-electron chi connectivity index (χ4n) is 1.72. The number of para-hydroxylation sites is 1. The van der Waals surface area contributed by atoms with Gasteiger partial charge >= 0.3 is 0 Å². The van der Waals surface area contributed by atoms with E-state index < -0.39 is 15.8 Å². The van der Waals surface area contributed by atoms with Crippen molar-refractivity contribution in [3.05, 3.63) is 53.8 Å². The summed E-state index contributed by atoms with van der Waals surface area (Å²) in [5.74, 6) is -0.750. The third-order valence-electron chi connectivity index (χ3n) is 2.80. The molecule has 0 aliphatic rings. The molecule has 0 aliphatic heterocycles. The van der Waals surface area contributed by atoms with Crippen LogP contribution < -0.4 is 10.5 Å². The number of nitrogen functional groups attached to an aromatic ring is 1. The normalized spacial score (nSPS) is 10.9. The Morgan fingerprint density at radius 3 is 2.43 bits per heavy atom. The second kappa shape index (κ2) is 5.81. The number of rotatable bonds is 4. The molecular weight excluding hydrogens is 293 g/mol. The molecule has 0 saturated heterocycles. The Morgan fingerprint density at radius 1 is 1.19 bits per heavy atom. The van der Waals surface area contributed by atoms with E-state index in [4.69, 9.17) is 11.0 Å². The van der Waals surface area contributed by atoms with Crippen LogP contribution in [0.4, 0.5) is 15.8 Å². The van der Waals surface area contributed by atoms with Gasteiger partial charge < -0.3 is 5.73 Å². The van der Waals surface area contributed by atoms with Crippen LogP contribution in [0.3, 0.4) is 0 Å². The molecule has 0 radical (unpaired) electrons. The highest BCUT2D eigenvalue weighted by Gasteiger charge is 2.17. The van der Waals surface area contributed by atoms with Crippen LogP contribution in [0.1, 0.15) is 5.56 Å². The SMILES string of the molecule is N#CCc1ccc(S(=O)(=O)Nc2c(N)cccc2F)cc1. The largest absolute Gasteiger partial charge is 0.397 e. The summed E-state index contributed by atoms with van der Waals surface area (Å²) in [6, 6.07) is 11.6. The maximum absolute atomic E-state index is 13.6. The minimum absolute atomic E-state index is 0.000300. The van der Waals surface area contributed by atoms with E-state index in [2.05, 4.69) is 4.72 Å². The number of halogens is 1. The highest BCUT2D eigenvalue weighted by Crippen LogP contribution is 2.25. The van der Waals surface area contributed by atoms with Crippen LogP contribution in [-0.2, 0) is 16.4 Å². The van der Waals surface area contributed by atoms with Crippen LogP contribution >= 0.6 is 0 Å². The molecule has 2 aromatic rings. The van der Waals surface area contributed by atoms with Crippen molar-refractivity contribution in [2.45, 2.75) is 11.3 Å². The first-order valence-electron chi connectivity index (χ1n) is 5.97. The summed E-state index contributed by atoms with van der Waals surface area (Å²) in [6.07, 6.45) is 0.189. The van der Waals surface area contributed by atoms with Gasteiger partial charge in [-0.15, -0.1) is 0 Å². The Hall–Kier alpha value is -2.59. The van der Waals surface area contributed by atoms with Gasteiger partial charge in [-0.1, -0.05) is 18.2 Å². The number of hydrogen-bond donors (Lipinski definition) is 2. The number of anilines is 2. The lowest BCUT2D eigenvalue weighted by Gasteiger charge is -2.11. The first-order chi connectivity index (χ1) is 9.94. The highest BCUT2D eigenvalue weighted by atomic mass is 32.2. The summed E-state index contributed by atoms with van der Waals surface area (Å²) in [7, 11) is -3.94. The maximum atomic E-state index is 13.6. The zero-order valence-corrected chi connectivity index (χ0v) is 11.7. The molecule has 0 spiro atoms. The molecule has 0 saturated carbocycles. The summed E-state index contributed by atoms with van der Waals surface area (Å²) < 4.78 is 40.1. The fourth-order valence-corrected chi connectivity index (χ4v) is 2.82. The standard InChI is InChI=1S/C14H12FN3O2S/c15-12-2-1-3-13(17)14(12)18-21(19,20)11-6-4-10(5-7-11)8-9-16/h1-7,18H,8,17H2. The van der Waals surface area contributed by atoms with E-state index in [0.717, 1.165) is 6.07 Å². The van der Waals surface area contributed by atoms with E-state index in [1.54, 1.807) is 0 Å². The predicted octanol–water partition coefficient (Wildman–Crippen LogP) is 2.27. The van der Waals surface area contributed by atoms with Crippen molar-refractivity contribution in [2.75, 3.05) is 10.5 Å². The van der Waals surface area contributed by atoms with Crippen molar-refractivity contribution < 1.29 is 12.8 Å². The van der Waals surface area contributed by atoms with Crippen molar-refractivity contribution in [3.63, 3.8) is 0 Å². The number of nitrogens with one attached hydrogen (secondary N) is 1. The van der Waals surface area contributed by atoms with Crippen LogP contribution in [0.2, 0.25) is 0 Å². The average molecular weight is 305 g/mol. The Kier molecular flexibility index (Phi) is 4.10. The molecule has 2 rings (SSSR count). The van der Waals surface area contributed by atoms with E-state index in [9.17, 15) is 12.8 Å². The maximum Gasteiger partial charge on any atom is 0.262 e. The summed E-state index contributed by atoms with van der Waals surface area (Å²) in [5.41, 5.74) is 5.98. The Morgan fingerprint density at radius 2 is 1.86 bits per heavy atom. The average Bonchev–Trinajstić information content (AvgIpc) is 2.44. The smallest absolute Gasteiger partial charge is 0.262 e. The zero-order valence-electron chi connectivity index (χ0n) is 10.9. The van der Waals surface area contributed by atoms with E-state index in [1.807, 2.05) is 6.07 Å². The van der Waals surface area contributed by atoms with Gasteiger partial charge in [-0.25, -0.2) is 12.8 Å². The van der Waals surface area contributed by atoms with E-state index in [-0.39, 0.29) is 22.7 Å². The molecule has 0 aromatic heterocycles. The molecular formula is C14H12FN3O2S. The molecule has 0 heterocycles. The summed E-state index contributed by atoms with van der Waals surface area (Å²) >= 11 is 0. The highest BCUT2D eigenvalue weighted by molar-refractivity contribution is 7.92. The molecule has 0 amide bonds. The van der Waals surface area contributed by atoms with E-state index in [0.29, 0.717) is 5.56 Å². The molecule has 0 fully saturated rings. The quantitative estimate of drug-likeness (QED) is 0.847. The van der Waals surface area contributed by atoms with Gasteiger partial charge in [-0.05, 0) is 29.8 Å². The third-order valence-corrected chi connectivity index (χ3v) is 4.16. The molecule has 2 aromatic carbocycles. The molecule has 3 N–H and O–H groups in total. The fraction of sp³-hybridized carbons (Fsp3) is 0.0714. The van der Waals surface area contributed by atoms with Gasteiger partial charge in [0.2, 0.25) is 0 Å². The van der Waals surface area contributed by atoms with Crippen LogP contribution in [-0.4, -0.2) is 8.42 Å². The lowest BCUT2D eigenvalue weighted by Crippen LogP contribution is -2.15. The van der Waals surface area contributed by atoms with Gasteiger partial charge in [0.1, 0.15) is 11.5 Å². The summed E-state index contributed by atoms with van der Waals surface area (Å²) in [5, 5.41) is 8.57. The Labute approximate surface area is 121 Å². The minimum Gasteiger partial charge on any atom is -0.397 e. The van der Waals surface area contributed by atoms with Gasteiger partial charge in [0.15, 0.2) is 0 Å². The Balaban J connectivity index is 2.32. The molecule has 0 aliphatic carbocycles. The molecule has 21 heavy (non-hydrogen) atoms. The molecule has 0 atom stereocenters. The monoisotopic (exact) mass is 305 g/mol. The number of benzene rings is 2. The zero-order chi connectivity index (χ0) is 15.5. The van der Waals surface area contributed by atoms with Gasteiger partial charge in [0.05, 0.1) is 23.1 Å². The predicted molar refractivity (Wildman–Crippen MR) is 77.4 cm³/mol. The van der Waals surface area contributed by atoms with Crippen molar-refractivity contribution in [3.8, 4) is 6.07 Å². The lowest BCUT2D eigenvalue weighted by molar-refractivity contribution is 0.598. The number of nitriles is 1. The Bertz CT molecular complexity index is 776. The van der Waals surface area contributed by atoms with Crippen molar-refractivity contribution in [1.29, 1.82) is 5.26 Å². The van der Waals surface area contributed by atoms with Gasteiger partial charge in [0, 0.05) is 0 Å². The lowest BCUT2D eigenvalue weighted by atomic mass is 10.2. The minimum atomic E-state index is -3.94. The van der Waals surface area contributed by atoms with Crippen LogP contribution in [0.5, 0.6) is 0 Å². The second-order valence-corrected chi connectivity index (χ2v) is 5.97. The van der Waals surface area contributed by atoms with Gasteiger partial charge in [-0.3, -0.25) is 4.72 Å². The molecule has 5 nitrogen and oxygen atoms in total. The third kappa shape index (κ3) is 3.30. The van der Waals surface area contributed by atoms with Crippen molar-refractivity contribution in [2.24, 2.45) is 0 Å². The van der Waals surface area contributed by atoms with Gasteiger partial charge in [-0.2, -0.15) is 5.26 Å². The molecule has 0 unspecified atom stereocenters. The van der Waals surface area contributed by atoms with Crippen LogP contribution in [0, 0.1) is 17.1 Å². The van der Waals surface area contributed by atoms with Crippen LogP contribution in [0.25, 0.3) is 0 Å². The first kappa shape index (κ1) is 14.8. The second-order valence-electron chi connectivity index (χ2n) is 4.29. The van der Waals surface area contributed by atoms with E-state index >= 15 is 0 Å². The number of nitrogens with zero attached hydrogens (tertiary/aromatic N) is 1. The summed E-state index contributed by atoms with van der Waals surface area (Å²) in [4.78, 5) is -0.0353. The first-order valence-corrected chi connectivity index (χ1v) is 7.45. The van der Waals surface area contributed by atoms with Gasteiger partial charge in [0.25, 0.3) is 10.0 Å². The van der Waals surface area contributed by atoms with Crippen molar-refractivity contribution in [1.82, 2.24) is 0 Å². The number of nitrogens with two attached hydrogens (primary N) is 1. The topological polar surface area (TPSA) is 96.0 Å². The van der Waals surface area contributed by atoms with Crippen LogP contribution in [0.15, 0.2) is 47.4 Å². The summed E-state index contributed by atoms with van der Waals surface area (Å²) in [6.45, 7) is 0. The molecule has 108 valence electrons. The number of sulfonamides is 1. The van der Waals surface area contributed by atoms with Crippen molar-refractivity contribution >= 4 is 21.4 Å². The number of hydrogen-bond acceptors (Lipinski definition) is 4.